The lowest BCUT2D eigenvalue weighted by atomic mass is 9.96. The Hall–Kier alpha value is -1.44. The fourth-order valence-corrected chi connectivity index (χ4v) is 1.78. The van der Waals surface area contributed by atoms with Crippen LogP contribution in [0.25, 0.3) is 0 Å². The first-order valence-corrected chi connectivity index (χ1v) is 6.13. The van der Waals surface area contributed by atoms with Gasteiger partial charge in [-0.3, -0.25) is 0 Å². The van der Waals surface area contributed by atoms with E-state index in [0.717, 1.165) is 5.16 Å². The zero-order valence-corrected chi connectivity index (χ0v) is 11.0. The largest absolute Gasteiger partial charge is 0.338 e. The van der Waals surface area contributed by atoms with Gasteiger partial charge in [0.2, 0.25) is 11.0 Å². The molecule has 0 unspecified atom stereocenters. The summed E-state index contributed by atoms with van der Waals surface area (Å²) >= 11 is 1.46. The van der Waals surface area contributed by atoms with Crippen molar-refractivity contribution in [1.82, 2.24) is 30.3 Å². The molecule has 8 heteroatoms. The van der Waals surface area contributed by atoms with E-state index in [0.29, 0.717) is 17.5 Å². The molecule has 0 aromatic carbocycles. The molecule has 0 saturated heterocycles. The maximum absolute atomic E-state index is 5.17. The smallest absolute Gasteiger partial charge is 0.237 e. The Labute approximate surface area is 103 Å². The Morgan fingerprint density at radius 3 is 2.65 bits per heavy atom. The van der Waals surface area contributed by atoms with Gasteiger partial charge in [-0.1, -0.05) is 37.7 Å². The molecule has 7 nitrogen and oxygen atoms in total. The summed E-state index contributed by atoms with van der Waals surface area (Å²) in [5.41, 5.74) is -0.0985. The van der Waals surface area contributed by atoms with Gasteiger partial charge >= 0.3 is 0 Å². The van der Waals surface area contributed by atoms with Gasteiger partial charge in [-0.15, -0.1) is 5.10 Å². The maximum Gasteiger partial charge on any atom is 0.237 e. The summed E-state index contributed by atoms with van der Waals surface area (Å²) in [6.07, 6.45) is 0. The standard InChI is InChI=1S/C9H14N6OS/c1-9(2,3)7-10-6(16-12-7)5-17-8-11-13-14-15(8)4/h5H2,1-4H3. The normalized spacial score (nSPS) is 12.0. The van der Waals surface area contributed by atoms with E-state index in [1.165, 1.54) is 11.8 Å². The maximum atomic E-state index is 5.17. The first kappa shape index (κ1) is 12.0. The topological polar surface area (TPSA) is 82.5 Å². The Morgan fingerprint density at radius 1 is 1.35 bits per heavy atom. The Morgan fingerprint density at radius 2 is 2.12 bits per heavy atom. The SMILES string of the molecule is Cn1nnnc1SCc1nc(C(C)(C)C)no1. The minimum atomic E-state index is -0.0985. The lowest BCUT2D eigenvalue weighted by Crippen LogP contribution is -2.13. The van der Waals surface area contributed by atoms with Crippen molar-refractivity contribution in [3.63, 3.8) is 0 Å². The number of aromatic nitrogens is 6. The summed E-state index contributed by atoms with van der Waals surface area (Å²) in [7, 11) is 1.79. The molecule has 2 aromatic rings. The van der Waals surface area contributed by atoms with Crippen LogP contribution in [-0.4, -0.2) is 30.3 Å². The van der Waals surface area contributed by atoms with Crippen molar-refractivity contribution in [3.05, 3.63) is 11.7 Å². The second kappa shape index (κ2) is 4.44. The van der Waals surface area contributed by atoms with Gasteiger partial charge < -0.3 is 4.52 Å². The molecular weight excluding hydrogens is 240 g/mol. The Balaban J connectivity index is 2.01. The zero-order valence-electron chi connectivity index (χ0n) is 10.2. The number of tetrazole rings is 1. The van der Waals surface area contributed by atoms with E-state index >= 15 is 0 Å². The van der Waals surface area contributed by atoms with Crippen molar-refractivity contribution < 1.29 is 4.52 Å². The molecule has 0 fully saturated rings. The van der Waals surface area contributed by atoms with Gasteiger partial charge in [0.15, 0.2) is 5.82 Å². The summed E-state index contributed by atoms with van der Waals surface area (Å²) < 4.78 is 6.77. The van der Waals surface area contributed by atoms with E-state index in [4.69, 9.17) is 4.52 Å². The average Bonchev–Trinajstić information content (AvgIpc) is 2.82. The molecule has 0 radical (unpaired) electrons. The molecule has 0 bridgehead atoms. The minimum Gasteiger partial charge on any atom is -0.338 e. The van der Waals surface area contributed by atoms with Crippen LogP contribution >= 0.6 is 11.8 Å². The highest BCUT2D eigenvalue weighted by molar-refractivity contribution is 7.98. The average molecular weight is 254 g/mol. The van der Waals surface area contributed by atoms with Crippen molar-refractivity contribution in [2.24, 2.45) is 7.05 Å². The quantitative estimate of drug-likeness (QED) is 0.760. The highest BCUT2D eigenvalue weighted by Crippen LogP contribution is 2.22. The predicted molar refractivity (Wildman–Crippen MR) is 61.4 cm³/mol. The van der Waals surface area contributed by atoms with Crippen LogP contribution in [0.2, 0.25) is 0 Å². The molecule has 0 amide bonds. The van der Waals surface area contributed by atoms with Gasteiger partial charge in [0.05, 0.1) is 5.75 Å². The van der Waals surface area contributed by atoms with E-state index in [2.05, 4.69) is 25.7 Å². The van der Waals surface area contributed by atoms with Gasteiger partial charge in [-0.05, 0) is 10.4 Å². The first-order chi connectivity index (χ1) is 7.97. The van der Waals surface area contributed by atoms with E-state index in [-0.39, 0.29) is 5.41 Å². The van der Waals surface area contributed by atoms with Gasteiger partial charge in [0.1, 0.15) is 0 Å². The van der Waals surface area contributed by atoms with Crippen LogP contribution in [0.1, 0.15) is 32.5 Å². The highest BCUT2D eigenvalue weighted by Gasteiger charge is 2.21. The van der Waals surface area contributed by atoms with Crippen LogP contribution in [0, 0.1) is 0 Å². The van der Waals surface area contributed by atoms with Gasteiger partial charge in [-0.2, -0.15) is 4.98 Å². The molecule has 0 saturated carbocycles. The Kier molecular flexibility index (Phi) is 3.14. The van der Waals surface area contributed by atoms with Gasteiger partial charge in [0.25, 0.3) is 0 Å². The molecule has 2 aromatic heterocycles. The summed E-state index contributed by atoms with van der Waals surface area (Å²) in [5.74, 6) is 1.87. The molecule has 0 N–H and O–H groups in total. The van der Waals surface area contributed by atoms with Crippen LogP contribution in [0.5, 0.6) is 0 Å². The second-order valence-electron chi connectivity index (χ2n) is 4.64. The van der Waals surface area contributed by atoms with E-state index in [1.54, 1.807) is 11.7 Å². The van der Waals surface area contributed by atoms with Crippen LogP contribution < -0.4 is 0 Å². The third kappa shape index (κ3) is 2.82. The van der Waals surface area contributed by atoms with Crippen molar-refractivity contribution in [3.8, 4) is 0 Å². The predicted octanol–water partition coefficient (Wildman–Crippen LogP) is 1.18. The molecule has 0 aliphatic rings. The van der Waals surface area contributed by atoms with Crippen LogP contribution in [0.3, 0.4) is 0 Å². The van der Waals surface area contributed by atoms with Crippen LogP contribution in [0.4, 0.5) is 0 Å². The van der Waals surface area contributed by atoms with Crippen molar-refractivity contribution >= 4 is 11.8 Å². The first-order valence-electron chi connectivity index (χ1n) is 5.15. The third-order valence-electron chi connectivity index (χ3n) is 2.04. The van der Waals surface area contributed by atoms with Gasteiger partial charge in [0, 0.05) is 12.5 Å². The van der Waals surface area contributed by atoms with Crippen LogP contribution in [0.15, 0.2) is 9.68 Å². The van der Waals surface area contributed by atoms with E-state index < -0.39 is 0 Å². The molecule has 2 heterocycles. The molecule has 0 aliphatic heterocycles. The lowest BCUT2D eigenvalue weighted by Gasteiger charge is -2.10. The van der Waals surface area contributed by atoms with E-state index in [1.807, 2.05) is 20.8 Å². The fourth-order valence-electron chi connectivity index (χ4n) is 1.09. The number of nitrogens with zero attached hydrogens (tertiary/aromatic N) is 6. The molecular formula is C9H14N6OS. The highest BCUT2D eigenvalue weighted by atomic mass is 32.2. The molecule has 17 heavy (non-hydrogen) atoms. The number of aryl methyl sites for hydroxylation is 1. The number of rotatable bonds is 3. The number of hydrogen-bond acceptors (Lipinski definition) is 7. The summed E-state index contributed by atoms with van der Waals surface area (Å²) in [6, 6.07) is 0. The van der Waals surface area contributed by atoms with E-state index in [9.17, 15) is 0 Å². The van der Waals surface area contributed by atoms with Crippen molar-refractivity contribution in [2.45, 2.75) is 37.1 Å². The summed E-state index contributed by atoms with van der Waals surface area (Å²) in [5, 5.41) is 15.8. The number of hydrogen-bond donors (Lipinski definition) is 0. The lowest BCUT2D eigenvalue weighted by molar-refractivity contribution is 0.372. The molecule has 0 aliphatic carbocycles. The minimum absolute atomic E-state index is 0.0985. The van der Waals surface area contributed by atoms with Crippen molar-refractivity contribution in [1.29, 1.82) is 0 Å². The fraction of sp³-hybridized carbons (Fsp3) is 0.667. The third-order valence-corrected chi connectivity index (χ3v) is 3.04. The molecule has 0 spiro atoms. The molecule has 2 rings (SSSR count). The van der Waals surface area contributed by atoms with Crippen molar-refractivity contribution in [2.75, 3.05) is 0 Å². The van der Waals surface area contributed by atoms with Crippen LogP contribution in [-0.2, 0) is 18.2 Å². The zero-order chi connectivity index (χ0) is 12.5. The number of thioether (sulfide) groups is 1. The monoisotopic (exact) mass is 254 g/mol. The van der Waals surface area contributed by atoms with Gasteiger partial charge in [-0.25, -0.2) is 4.68 Å². The Bertz CT molecular complexity index is 500. The molecule has 92 valence electrons. The summed E-state index contributed by atoms with van der Waals surface area (Å²) in [6.45, 7) is 6.13. The second-order valence-corrected chi connectivity index (χ2v) is 5.58. The molecule has 0 atom stereocenters. The summed E-state index contributed by atoms with van der Waals surface area (Å²) in [4.78, 5) is 4.33.